The highest BCUT2D eigenvalue weighted by molar-refractivity contribution is 9.11. The van der Waals surface area contributed by atoms with Crippen LogP contribution in [0.15, 0.2) is 53.6 Å². The van der Waals surface area contributed by atoms with Crippen LogP contribution < -0.4 is 10.3 Å². The number of rotatable bonds is 5. The van der Waals surface area contributed by atoms with E-state index in [0.717, 1.165) is 15.1 Å². The molecule has 0 atom stereocenters. The van der Waals surface area contributed by atoms with Crippen molar-refractivity contribution in [3.63, 3.8) is 0 Å². The van der Waals surface area contributed by atoms with Crippen LogP contribution in [0, 0.1) is 0 Å². The zero-order chi connectivity index (χ0) is 17.3. The summed E-state index contributed by atoms with van der Waals surface area (Å²) in [5, 5.41) is 0.693. The Balaban J connectivity index is 2.01. The van der Waals surface area contributed by atoms with Crippen LogP contribution in [0.25, 0.3) is 11.0 Å². The first kappa shape index (κ1) is 17.2. The summed E-state index contributed by atoms with van der Waals surface area (Å²) in [5.74, 6) is 0. The second-order valence-corrected chi connectivity index (χ2v) is 9.27. The minimum Gasteiger partial charge on any atom is -0.423 e. The fourth-order valence-corrected chi connectivity index (χ4v) is 5.28. The Morgan fingerprint density at radius 2 is 2.04 bits per heavy atom. The van der Waals surface area contributed by atoms with Crippen molar-refractivity contribution >= 4 is 53.9 Å². The fourth-order valence-electron chi connectivity index (χ4n) is 2.22. The minimum absolute atomic E-state index is 0.184. The van der Waals surface area contributed by atoms with Crippen molar-refractivity contribution in [1.82, 2.24) is 0 Å². The van der Waals surface area contributed by atoms with Crippen molar-refractivity contribution in [2.45, 2.75) is 10.8 Å². The predicted molar refractivity (Wildman–Crippen MR) is 96.0 cm³/mol. The molecule has 0 radical (unpaired) electrons. The predicted octanol–water partition coefficient (Wildman–Crippen LogP) is 3.56. The van der Waals surface area contributed by atoms with Gasteiger partial charge in [0.15, 0.2) is 0 Å². The maximum atomic E-state index is 12.4. The number of hydrogen-bond donors (Lipinski definition) is 1. The summed E-state index contributed by atoms with van der Waals surface area (Å²) < 4.78 is 38.3. The minimum atomic E-state index is -3.70. The van der Waals surface area contributed by atoms with Gasteiger partial charge in [-0.05, 0) is 45.8 Å². The second-order valence-electron chi connectivity index (χ2n) is 4.90. The molecule has 3 rings (SSSR count). The lowest BCUT2D eigenvalue weighted by Gasteiger charge is -2.08. The van der Waals surface area contributed by atoms with Gasteiger partial charge in [0.2, 0.25) is 0 Å². The number of sulfonamides is 1. The summed E-state index contributed by atoms with van der Waals surface area (Å²) in [7, 11) is -2.17. The Morgan fingerprint density at radius 1 is 1.25 bits per heavy atom. The van der Waals surface area contributed by atoms with Crippen LogP contribution in [0.5, 0.6) is 0 Å². The first-order valence-corrected chi connectivity index (χ1v) is 9.82. The van der Waals surface area contributed by atoms with Gasteiger partial charge in [-0.2, -0.15) is 0 Å². The highest BCUT2D eigenvalue weighted by atomic mass is 79.9. The topological polar surface area (TPSA) is 85.6 Å². The number of benzene rings is 1. The van der Waals surface area contributed by atoms with Crippen molar-refractivity contribution in [1.29, 1.82) is 0 Å². The number of ether oxygens (including phenoxy) is 1. The van der Waals surface area contributed by atoms with Crippen LogP contribution in [-0.4, -0.2) is 15.5 Å². The lowest BCUT2D eigenvalue weighted by molar-refractivity contribution is 0.185. The Bertz CT molecular complexity index is 1060. The highest BCUT2D eigenvalue weighted by Gasteiger charge is 2.17. The molecule has 0 amide bonds. The summed E-state index contributed by atoms with van der Waals surface area (Å²) in [5.41, 5.74) is 0.768. The van der Waals surface area contributed by atoms with E-state index in [1.165, 1.54) is 25.3 Å². The van der Waals surface area contributed by atoms with Gasteiger partial charge in [0, 0.05) is 24.6 Å². The summed E-state index contributed by atoms with van der Waals surface area (Å²) in [6.45, 7) is 0.260. The zero-order valence-corrected chi connectivity index (χ0v) is 15.6. The summed E-state index contributed by atoms with van der Waals surface area (Å²) in [6.07, 6.45) is 0. The Labute approximate surface area is 150 Å². The van der Waals surface area contributed by atoms with Crippen molar-refractivity contribution in [2.75, 3.05) is 11.8 Å². The van der Waals surface area contributed by atoms with E-state index >= 15 is 0 Å². The Morgan fingerprint density at radius 3 is 2.71 bits per heavy atom. The van der Waals surface area contributed by atoms with E-state index in [4.69, 9.17) is 9.15 Å². The van der Waals surface area contributed by atoms with Crippen molar-refractivity contribution in [2.24, 2.45) is 0 Å². The molecule has 0 aliphatic heterocycles. The van der Waals surface area contributed by atoms with E-state index in [1.807, 2.05) is 0 Å². The van der Waals surface area contributed by atoms with Gasteiger partial charge in [0.05, 0.1) is 16.1 Å². The molecule has 1 N–H and O–H groups in total. The van der Waals surface area contributed by atoms with E-state index < -0.39 is 15.6 Å². The van der Waals surface area contributed by atoms with Crippen molar-refractivity contribution in [3.8, 4) is 0 Å². The molecule has 0 fully saturated rings. The lowest BCUT2D eigenvalue weighted by atomic mass is 10.1. The number of nitrogens with one attached hydrogen (secondary N) is 1. The third-order valence-corrected chi connectivity index (χ3v) is 6.69. The summed E-state index contributed by atoms with van der Waals surface area (Å²) in [6, 6.07) is 9.32. The van der Waals surface area contributed by atoms with E-state index in [9.17, 15) is 13.2 Å². The standard InChI is InChI=1S/C15H12BrNO5S2/c1-21-8-9-6-14(18)22-12-7-10(2-3-11(9)12)17-24(19,20)15-5-4-13(16)23-15/h2-7,17H,8H2,1H3. The van der Waals surface area contributed by atoms with Crippen LogP contribution in [0.2, 0.25) is 0 Å². The molecule has 0 saturated heterocycles. The second kappa shape index (κ2) is 6.67. The van der Waals surface area contributed by atoms with Gasteiger partial charge in [0.1, 0.15) is 9.79 Å². The van der Waals surface area contributed by atoms with Gasteiger partial charge in [-0.1, -0.05) is 0 Å². The zero-order valence-electron chi connectivity index (χ0n) is 12.4. The molecule has 0 bridgehead atoms. The van der Waals surface area contributed by atoms with Crippen LogP contribution >= 0.6 is 27.3 Å². The Kier molecular flexibility index (Phi) is 4.77. The van der Waals surface area contributed by atoms with Gasteiger partial charge in [-0.25, -0.2) is 13.2 Å². The van der Waals surface area contributed by atoms with Crippen LogP contribution in [-0.2, 0) is 21.4 Å². The van der Waals surface area contributed by atoms with E-state index in [2.05, 4.69) is 20.7 Å². The molecular formula is C15H12BrNO5S2. The average molecular weight is 430 g/mol. The van der Waals surface area contributed by atoms with Gasteiger partial charge in [-0.15, -0.1) is 11.3 Å². The molecule has 2 aromatic heterocycles. The summed E-state index contributed by atoms with van der Waals surface area (Å²) >= 11 is 4.34. The number of halogens is 1. The number of thiophene rings is 1. The molecule has 9 heteroatoms. The normalized spacial score (nSPS) is 11.8. The number of anilines is 1. The molecule has 0 saturated carbocycles. The average Bonchev–Trinajstić information content (AvgIpc) is 2.94. The maximum absolute atomic E-state index is 12.4. The van der Waals surface area contributed by atoms with Gasteiger partial charge >= 0.3 is 5.63 Å². The van der Waals surface area contributed by atoms with Crippen LogP contribution in [0.3, 0.4) is 0 Å². The quantitative estimate of drug-likeness (QED) is 0.626. The van der Waals surface area contributed by atoms with Crippen LogP contribution in [0.1, 0.15) is 5.56 Å². The lowest BCUT2D eigenvalue weighted by Crippen LogP contribution is -2.11. The van der Waals surface area contributed by atoms with E-state index in [1.54, 1.807) is 18.2 Å². The largest absolute Gasteiger partial charge is 0.423 e. The van der Waals surface area contributed by atoms with Gasteiger partial charge in [-0.3, -0.25) is 4.72 Å². The monoisotopic (exact) mass is 429 g/mol. The Hall–Kier alpha value is -1.68. The molecule has 0 spiro atoms. The molecule has 126 valence electrons. The van der Waals surface area contributed by atoms with Gasteiger partial charge in [0.25, 0.3) is 10.0 Å². The molecule has 6 nitrogen and oxygen atoms in total. The SMILES string of the molecule is COCc1cc(=O)oc2cc(NS(=O)(=O)c3ccc(Br)s3)ccc12. The first-order chi connectivity index (χ1) is 11.4. The van der Waals surface area contributed by atoms with Gasteiger partial charge < -0.3 is 9.15 Å². The highest BCUT2D eigenvalue weighted by Crippen LogP contribution is 2.29. The number of hydrogen-bond acceptors (Lipinski definition) is 6. The molecule has 0 aliphatic carbocycles. The molecule has 2 heterocycles. The van der Waals surface area contributed by atoms with E-state index in [-0.39, 0.29) is 10.8 Å². The molecule has 0 unspecified atom stereocenters. The molecule has 1 aromatic carbocycles. The number of methoxy groups -OCH3 is 1. The fraction of sp³-hybridized carbons (Fsp3) is 0.133. The van der Waals surface area contributed by atoms with Crippen LogP contribution in [0.4, 0.5) is 5.69 Å². The smallest absolute Gasteiger partial charge is 0.336 e. The van der Waals surface area contributed by atoms with E-state index in [0.29, 0.717) is 22.2 Å². The van der Waals surface area contributed by atoms with Crippen molar-refractivity contribution < 1.29 is 17.6 Å². The summed E-state index contributed by atoms with van der Waals surface area (Å²) in [4.78, 5) is 11.6. The molecule has 24 heavy (non-hydrogen) atoms. The number of fused-ring (bicyclic) bond motifs is 1. The van der Waals surface area contributed by atoms with Crippen molar-refractivity contribution in [3.05, 3.63) is 56.2 Å². The molecular weight excluding hydrogens is 418 g/mol. The molecule has 3 aromatic rings. The third-order valence-electron chi connectivity index (χ3n) is 3.20. The first-order valence-electron chi connectivity index (χ1n) is 6.73. The maximum Gasteiger partial charge on any atom is 0.336 e. The molecule has 0 aliphatic rings. The third kappa shape index (κ3) is 3.54.